The van der Waals surface area contributed by atoms with Gasteiger partial charge in [0.25, 0.3) is 5.91 Å². The molecule has 0 bridgehead atoms. The second-order valence-electron chi connectivity index (χ2n) is 7.57. The SMILES string of the molecule is COc1cnc(C2CC2)cc1-c1cnccc1C(=O)NC1=NNC(C#CC2CC2)S1. The van der Waals surface area contributed by atoms with Crippen molar-refractivity contribution in [2.45, 2.75) is 37.0 Å². The van der Waals surface area contributed by atoms with E-state index >= 15 is 0 Å². The van der Waals surface area contributed by atoms with Crippen molar-refractivity contribution in [3.8, 4) is 28.7 Å². The van der Waals surface area contributed by atoms with Crippen molar-refractivity contribution in [2.75, 3.05) is 7.11 Å². The lowest BCUT2D eigenvalue weighted by Gasteiger charge is -2.13. The third kappa shape index (κ3) is 4.12. The van der Waals surface area contributed by atoms with Gasteiger partial charge in [0.2, 0.25) is 0 Å². The van der Waals surface area contributed by atoms with Crippen LogP contribution < -0.4 is 15.5 Å². The van der Waals surface area contributed by atoms with Gasteiger partial charge < -0.3 is 4.74 Å². The van der Waals surface area contributed by atoms with Gasteiger partial charge in [0.1, 0.15) is 5.75 Å². The lowest BCUT2D eigenvalue weighted by molar-refractivity contribution is 0.0978. The Bertz CT molecular complexity index is 1080. The number of carbonyl (C=O) groups excluding carboxylic acids is 1. The lowest BCUT2D eigenvalue weighted by atomic mass is 10.00. The number of aromatic nitrogens is 2. The number of hydrogen-bond acceptors (Lipinski definition) is 7. The summed E-state index contributed by atoms with van der Waals surface area (Å²) in [4.78, 5) is 21.8. The van der Waals surface area contributed by atoms with E-state index in [9.17, 15) is 4.79 Å². The predicted molar refractivity (Wildman–Crippen MR) is 116 cm³/mol. The van der Waals surface area contributed by atoms with E-state index in [2.05, 4.69) is 37.7 Å². The van der Waals surface area contributed by atoms with Gasteiger partial charge in [-0.15, -0.1) is 0 Å². The van der Waals surface area contributed by atoms with Crippen LogP contribution in [0.15, 0.2) is 35.8 Å². The van der Waals surface area contributed by atoms with Gasteiger partial charge >= 0.3 is 0 Å². The monoisotopic (exact) mass is 419 g/mol. The van der Waals surface area contributed by atoms with Gasteiger partial charge in [-0.2, -0.15) is 5.10 Å². The highest BCUT2D eigenvalue weighted by atomic mass is 32.2. The lowest BCUT2D eigenvalue weighted by Crippen LogP contribution is -2.28. The maximum atomic E-state index is 13.1. The molecule has 2 saturated carbocycles. The summed E-state index contributed by atoms with van der Waals surface area (Å²) in [5.74, 6) is 7.78. The molecule has 1 aliphatic heterocycles. The van der Waals surface area contributed by atoms with E-state index in [4.69, 9.17) is 4.74 Å². The second-order valence-corrected chi connectivity index (χ2v) is 8.66. The summed E-state index contributed by atoms with van der Waals surface area (Å²) in [5.41, 5.74) is 6.02. The Morgan fingerprint density at radius 2 is 2.10 bits per heavy atom. The van der Waals surface area contributed by atoms with Crippen LogP contribution in [0, 0.1) is 17.8 Å². The molecule has 8 heteroatoms. The molecule has 30 heavy (non-hydrogen) atoms. The number of amidine groups is 1. The molecule has 5 rings (SSSR count). The number of hydrogen-bond donors (Lipinski definition) is 2. The van der Waals surface area contributed by atoms with Gasteiger partial charge in [0, 0.05) is 41.1 Å². The van der Waals surface area contributed by atoms with Crippen molar-refractivity contribution in [1.29, 1.82) is 0 Å². The van der Waals surface area contributed by atoms with Crippen LogP contribution in [0.1, 0.15) is 47.7 Å². The molecular formula is C22H21N5O2S. The predicted octanol–water partition coefficient (Wildman–Crippen LogP) is 3.11. The Kier molecular flexibility index (Phi) is 5.05. The second kappa shape index (κ2) is 8.00. The van der Waals surface area contributed by atoms with Crippen molar-refractivity contribution in [1.82, 2.24) is 20.7 Å². The Morgan fingerprint density at radius 1 is 1.23 bits per heavy atom. The minimum atomic E-state index is -0.247. The number of hydrazone groups is 1. The number of methoxy groups -OCH3 is 1. The number of nitrogens with one attached hydrogen (secondary N) is 2. The van der Waals surface area contributed by atoms with E-state index in [1.165, 1.54) is 24.6 Å². The highest BCUT2D eigenvalue weighted by molar-refractivity contribution is 8.14. The van der Waals surface area contributed by atoms with E-state index in [0.717, 1.165) is 24.1 Å². The molecule has 7 nitrogen and oxygen atoms in total. The first kappa shape index (κ1) is 18.9. The normalized spacial score (nSPS) is 19.9. The maximum absolute atomic E-state index is 13.1. The van der Waals surface area contributed by atoms with Gasteiger partial charge in [-0.25, -0.2) is 0 Å². The zero-order valence-electron chi connectivity index (χ0n) is 16.5. The van der Waals surface area contributed by atoms with E-state index in [0.29, 0.717) is 33.9 Å². The topological polar surface area (TPSA) is 88.5 Å². The van der Waals surface area contributed by atoms with Crippen LogP contribution in [-0.4, -0.2) is 33.5 Å². The van der Waals surface area contributed by atoms with Gasteiger partial charge in [-0.05, 0) is 49.6 Å². The molecule has 2 aliphatic carbocycles. The van der Waals surface area contributed by atoms with E-state index in [-0.39, 0.29) is 11.3 Å². The summed E-state index contributed by atoms with van der Waals surface area (Å²) in [5, 5.41) is 7.48. The van der Waals surface area contributed by atoms with Gasteiger partial charge in [-0.1, -0.05) is 11.8 Å². The standard InChI is InChI=1S/C22H21N5O2S/c1-29-19-12-24-18(14-5-6-14)10-16(19)17-11-23-9-8-15(17)21(28)25-22-27-26-20(30-22)7-4-13-2-3-13/h8-14,20,26H,2-3,5-6H2,1H3,(H,25,27,28). The van der Waals surface area contributed by atoms with Gasteiger partial charge in [0.05, 0.1) is 18.9 Å². The summed E-state index contributed by atoms with van der Waals surface area (Å²) in [6.07, 6.45) is 9.68. The summed E-state index contributed by atoms with van der Waals surface area (Å²) in [7, 11) is 1.60. The number of ether oxygens (including phenoxy) is 1. The quantitative estimate of drug-likeness (QED) is 0.741. The van der Waals surface area contributed by atoms with E-state index in [1.807, 2.05) is 6.07 Å². The fourth-order valence-electron chi connectivity index (χ4n) is 3.23. The number of rotatable bonds is 4. The first-order chi connectivity index (χ1) is 14.7. The number of amides is 1. The van der Waals surface area contributed by atoms with Crippen LogP contribution in [0.3, 0.4) is 0 Å². The first-order valence-corrected chi connectivity index (χ1v) is 10.9. The van der Waals surface area contributed by atoms with Crippen LogP contribution in [-0.2, 0) is 0 Å². The molecule has 1 unspecified atom stereocenters. The van der Waals surface area contributed by atoms with Gasteiger partial charge in [0.15, 0.2) is 10.5 Å². The van der Waals surface area contributed by atoms with Crippen LogP contribution in [0.25, 0.3) is 11.1 Å². The summed E-state index contributed by atoms with van der Waals surface area (Å²) < 4.78 is 5.51. The molecule has 0 aromatic carbocycles. The molecule has 3 heterocycles. The number of carbonyl (C=O) groups is 1. The highest BCUT2D eigenvalue weighted by Gasteiger charge is 2.27. The minimum absolute atomic E-state index is 0.126. The smallest absolute Gasteiger partial charge is 0.258 e. The molecule has 2 N–H and O–H groups in total. The molecule has 1 atom stereocenters. The third-order valence-electron chi connectivity index (χ3n) is 5.19. The van der Waals surface area contributed by atoms with Gasteiger partial charge in [-0.3, -0.25) is 25.5 Å². The van der Waals surface area contributed by atoms with Crippen molar-refractivity contribution in [3.05, 3.63) is 42.0 Å². The largest absolute Gasteiger partial charge is 0.494 e. The zero-order chi connectivity index (χ0) is 20.5. The average Bonchev–Trinajstić information content (AvgIpc) is 3.71. The molecule has 1 amide bonds. The molecule has 2 fully saturated rings. The molecule has 2 aromatic heterocycles. The summed E-state index contributed by atoms with van der Waals surface area (Å²) >= 11 is 1.41. The van der Waals surface area contributed by atoms with Crippen molar-refractivity contribution in [3.63, 3.8) is 0 Å². The van der Waals surface area contributed by atoms with Crippen molar-refractivity contribution < 1.29 is 9.53 Å². The number of nitrogens with zero attached hydrogens (tertiary/aromatic N) is 3. The minimum Gasteiger partial charge on any atom is -0.494 e. The van der Waals surface area contributed by atoms with Crippen LogP contribution >= 0.6 is 11.8 Å². The summed E-state index contributed by atoms with van der Waals surface area (Å²) in [6.45, 7) is 0. The summed E-state index contributed by atoms with van der Waals surface area (Å²) in [6, 6.07) is 3.72. The molecule has 0 radical (unpaired) electrons. The Hall–Kier alpha value is -3.05. The van der Waals surface area contributed by atoms with Crippen LogP contribution in [0.5, 0.6) is 5.75 Å². The zero-order valence-corrected chi connectivity index (χ0v) is 17.3. The molecule has 152 valence electrons. The number of pyridine rings is 2. The van der Waals surface area contributed by atoms with Crippen molar-refractivity contribution in [2.24, 2.45) is 11.0 Å². The maximum Gasteiger partial charge on any atom is 0.258 e. The molecule has 0 saturated heterocycles. The Labute approximate surface area is 179 Å². The number of thioether (sulfide) groups is 1. The molecule has 2 aromatic rings. The third-order valence-corrected chi connectivity index (χ3v) is 6.06. The fraction of sp³-hybridized carbons (Fsp3) is 0.364. The molecular weight excluding hydrogens is 398 g/mol. The Morgan fingerprint density at radius 3 is 2.87 bits per heavy atom. The Balaban J connectivity index is 1.37. The van der Waals surface area contributed by atoms with Crippen LogP contribution in [0.4, 0.5) is 0 Å². The van der Waals surface area contributed by atoms with E-state index in [1.54, 1.807) is 31.8 Å². The average molecular weight is 420 g/mol. The fourth-order valence-corrected chi connectivity index (χ4v) is 3.94. The van der Waals surface area contributed by atoms with E-state index < -0.39 is 0 Å². The van der Waals surface area contributed by atoms with Crippen LogP contribution in [0.2, 0.25) is 0 Å². The molecule has 0 spiro atoms. The first-order valence-electron chi connectivity index (χ1n) is 10.0. The molecule has 3 aliphatic rings. The van der Waals surface area contributed by atoms with Crippen molar-refractivity contribution >= 4 is 22.8 Å². The highest BCUT2D eigenvalue weighted by Crippen LogP contribution is 2.42.